The first-order chi connectivity index (χ1) is 9.70. The number of carbonyl (C=O) groups excluding carboxylic acids is 1. The number of esters is 1. The van der Waals surface area contributed by atoms with Crippen LogP contribution in [-0.4, -0.2) is 18.9 Å². The molecule has 0 aliphatic heterocycles. The standard InChI is InChI=1S/C15H17F3O3/c1-4-14(3,13(19)20-5-2)10-11-6-8-12(9-7-11)21-15(16,17)18/h4,6-9H,1,5,10H2,2-3H3. The van der Waals surface area contributed by atoms with E-state index in [1.807, 2.05) is 0 Å². The van der Waals surface area contributed by atoms with Crippen LogP contribution in [0.5, 0.6) is 5.75 Å². The quantitative estimate of drug-likeness (QED) is 0.591. The summed E-state index contributed by atoms with van der Waals surface area (Å²) in [4.78, 5) is 11.9. The Morgan fingerprint density at radius 2 is 1.86 bits per heavy atom. The smallest absolute Gasteiger partial charge is 0.465 e. The number of benzene rings is 1. The van der Waals surface area contributed by atoms with Gasteiger partial charge in [0.25, 0.3) is 0 Å². The number of halogens is 3. The van der Waals surface area contributed by atoms with Gasteiger partial charge in [-0.05, 0) is 38.0 Å². The summed E-state index contributed by atoms with van der Waals surface area (Å²) in [6.45, 7) is 7.24. The van der Waals surface area contributed by atoms with Crippen LogP contribution in [0.4, 0.5) is 13.2 Å². The topological polar surface area (TPSA) is 35.5 Å². The molecule has 0 saturated carbocycles. The van der Waals surface area contributed by atoms with Crippen LogP contribution in [0.2, 0.25) is 0 Å². The zero-order valence-electron chi connectivity index (χ0n) is 11.9. The van der Waals surface area contributed by atoms with E-state index in [1.165, 1.54) is 30.3 Å². The van der Waals surface area contributed by atoms with Gasteiger partial charge in [-0.2, -0.15) is 0 Å². The van der Waals surface area contributed by atoms with Crippen LogP contribution in [0.3, 0.4) is 0 Å². The number of carbonyl (C=O) groups is 1. The van der Waals surface area contributed by atoms with Gasteiger partial charge in [-0.15, -0.1) is 19.8 Å². The average Bonchev–Trinajstić information content (AvgIpc) is 2.39. The molecule has 0 aliphatic carbocycles. The van der Waals surface area contributed by atoms with Crippen LogP contribution in [0.15, 0.2) is 36.9 Å². The van der Waals surface area contributed by atoms with Crippen molar-refractivity contribution in [2.24, 2.45) is 5.41 Å². The summed E-state index contributed by atoms with van der Waals surface area (Å²) in [6, 6.07) is 5.36. The molecule has 116 valence electrons. The lowest BCUT2D eigenvalue weighted by Gasteiger charge is -2.23. The largest absolute Gasteiger partial charge is 0.573 e. The second kappa shape index (κ2) is 6.65. The molecule has 0 saturated heterocycles. The van der Waals surface area contributed by atoms with Crippen molar-refractivity contribution in [3.8, 4) is 5.75 Å². The lowest BCUT2D eigenvalue weighted by atomic mass is 9.84. The van der Waals surface area contributed by atoms with Crippen molar-refractivity contribution in [3.63, 3.8) is 0 Å². The molecule has 0 fully saturated rings. The molecule has 0 aromatic heterocycles. The number of hydrogen-bond acceptors (Lipinski definition) is 3. The Bertz CT molecular complexity index is 494. The Morgan fingerprint density at radius 1 is 1.29 bits per heavy atom. The van der Waals surface area contributed by atoms with Gasteiger partial charge in [0.1, 0.15) is 5.75 Å². The third kappa shape index (κ3) is 5.13. The highest BCUT2D eigenvalue weighted by Crippen LogP contribution is 2.28. The van der Waals surface area contributed by atoms with Crippen LogP contribution in [0, 0.1) is 5.41 Å². The maximum atomic E-state index is 12.1. The molecule has 0 heterocycles. The van der Waals surface area contributed by atoms with E-state index in [0.29, 0.717) is 5.56 Å². The second-order valence-corrected chi connectivity index (χ2v) is 4.71. The predicted octanol–water partition coefficient (Wildman–Crippen LogP) is 3.88. The van der Waals surface area contributed by atoms with Crippen LogP contribution in [0.1, 0.15) is 19.4 Å². The minimum absolute atomic E-state index is 0.251. The fourth-order valence-corrected chi connectivity index (χ4v) is 1.76. The summed E-state index contributed by atoms with van der Waals surface area (Å²) >= 11 is 0. The average molecular weight is 302 g/mol. The summed E-state index contributed by atoms with van der Waals surface area (Å²) in [7, 11) is 0. The van der Waals surface area contributed by atoms with Crippen molar-refractivity contribution in [3.05, 3.63) is 42.5 Å². The van der Waals surface area contributed by atoms with Crippen molar-refractivity contribution in [1.29, 1.82) is 0 Å². The maximum Gasteiger partial charge on any atom is 0.573 e. The molecule has 0 N–H and O–H groups in total. The second-order valence-electron chi connectivity index (χ2n) is 4.71. The van der Waals surface area contributed by atoms with Gasteiger partial charge in [-0.3, -0.25) is 4.79 Å². The van der Waals surface area contributed by atoms with Crippen molar-refractivity contribution in [1.82, 2.24) is 0 Å². The van der Waals surface area contributed by atoms with Crippen LogP contribution in [-0.2, 0) is 16.0 Å². The van der Waals surface area contributed by atoms with E-state index in [0.717, 1.165) is 0 Å². The molecule has 1 unspecified atom stereocenters. The van der Waals surface area contributed by atoms with Crippen LogP contribution in [0.25, 0.3) is 0 Å². The van der Waals surface area contributed by atoms with Gasteiger partial charge in [-0.1, -0.05) is 18.2 Å². The van der Waals surface area contributed by atoms with E-state index >= 15 is 0 Å². The van der Waals surface area contributed by atoms with E-state index in [9.17, 15) is 18.0 Å². The summed E-state index contributed by atoms with van der Waals surface area (Å²) in [5, 5.41) is 0. The van der Waals surface area contributed by atoms with Gasteiger partial charge in [0.2, 0.25) is 0 Å². The minimum atomic E-state index is -4.72. The molecule has 1 rings (SSSR count). The number of ether oxygens (including phenoxy) is 2. The lowest BCUT2D eigenvalue weighted by molar-refractivity contribution is -0.274. The molecule has 0 bridgehead atoms. The molecule has 1 aromatic carbocycles. The molecule has 1 atom stereocenters. The predicted molar refractivity (Wildman–Crippen MR) is 71.8 cm³/mol. The van der Waals surface area contributed by atoms with Crippen molar-refractivity contribution < 1.29 is 27.4 Å². The Morgan fingerprint density at radius 3 is 2.29 bits per heavy atom. The molecular weight excluding hydrogens is 285 g/mol. The summed E-state index contributed by atoms with van der Waals surface area (Å²) in [6.07, 6.45) is -2.96. The lowest BCUT2D eigenvalue weighted by Crippen LogP contribution is -2.30. The Labute approximate surface area is 121 Å². The molecule has 3 nitrogen and oxygen atoms in total. The van der Waals surface area contributed by atoms with E-state index in [1.54, 1.807) is 13.8 Å². The van der Waals surface area contributed by atoms with E-state index < -0.39 is 17.7 Å². The molecule has 1 aromatic rings. The number of rotatable bonds is 6. The summed E-state index contributed by atoms with van der Waals surface area (Å²) < 4.78 is 44.9. The molecule has 6 heteroatoms. The zero-order valence-corrected chi connectivity index (χ0v) is 11.9. The van der Waals surface area contributed by atoms with Crippen LogP contribution >= 0.6 is 0 Å². The normalized spacial score (nSPS) is 14.1. The van der Waals surface area contributed by atoms with Crippen LogP contribution < -0.4 is 4.74 Å². The zero-order chi connectivity index (χ0) is 16.1. The third-order valence-electron chi connectivity index (χ3n) is 2.92. The first kappa shape index (κ1) is 17.1. The van der Waals surface area contributed by atoms with Crippen molar-refractivity contribution >= 4 is 5.97 Å². The van der Waals surface area contributed by atoms with Gasteiger partial charge < -0.3 is 9.47 Å². The molecule has 0 radical (unpaired) electrons. The SMILES string of the molecule is C=CC(C)(Cc1ccc(OC(F)(F)F)cc1)C(=O)OCC. The molecule has 0 amide bonds. The van der Waals surface area contributed by atoms with Crippen molar-refractivity contribution in [2.75, 3.05) is 6.61 Å². The van der Waals surface area contributed by atoms with Gasteiger partial charge in [0.05, 0.1) is 12.0 Å². The third-order valence-corrected chi connectivity index (χ3v) is 2.92. The minimum Gasteiger partial charge on any atom is -0.465 e. The highest BCUT2D eigenvalue weighted by Gasteiger charge is 2.32. The Kier molecular flexibility index (Phi) is 5.41. The number of hydrogen-bond donors (Lipinski definition) is 0. The molecule has 0 aliphatic rings. The Balaban J connectivity index is 2.82. The van der Waals surface area contributed by atoms with Crippen molar-refractivity contribution in [2.45, 2.75) is 26.6 Å². The molecular formula is C15H17F3O3. The first-order valence-corrected chi connectivity index (χ1v) is 6.35. The van der Waals surface area contributed by atoms with E-state index in [4.69, 9.17) is 4.74 Å². The van der Waals surface area contributed by atoms with Gasteiger partial charge in [0.15, 0.2) is 0 Å². The highest BCUT2D eigenvalue weighted by atomic mass is 19.4. The Hall–Kier alpha value is -1.98. The van der Waals surface area contributed by atoms with Gasteiger partial charge in [-0.25, -0.2) is 0 Å². The fraction of sp³-hybridized carbons (Fsp3) is 0.400. The number of alkyl halides is 3. The van der Waals surface area contributed by atoms with E-state index in [2.05, 4.69) is 11.3 Å². The summed E-state index contributed by atoms with van der Waals surface area (Å²) in [5.74, 6) is -0.724. The van der Waals surface area contributed by atoms with E-state index in [-0.39, 0.29) is 18.8 Å². The monoisotopic (exact) mass is 302 g/mol. The molecule has 0 spiro atoms. The maximum absolute atomic E-state index is 12.1. The van der Waals surface area contributed by atoms with Gasteiger partial charge >= 0.3 is 12.3 Å². The highest BCUT2D eigenvalue weighted by molar-refractivity contribution is 5.79. The fourth-order valence-electron chi connectivity index (χ4n) is 1.76. The summed E-state index contributed by atoms with van der Waals surface area (Å²) in [5.41, 5.74) is -0.248. The molecule has 21 heavy (non-hydrogen) atoms. The first-order valence-electron chi connectivity index (χ1n) is 6.35. The van der Waals surface area contributed by atoms with Gasteiger partial charge in [0, 0.05) is 0 Å².